The fourth-order valence-corrected chi connectivity index (χ4v) is 2.49. The van der Waals surface area contributed by atoms with Crippen LogP contribution in [0.1, 0.15) is 18.1 Å². The lowest BCUT2D eigenvalue weighted by Gasteiger charge is -2.29. The zero-order valence-corrected chi connectivity index (χ0v) is 15.0. The lowest BCUT2D eigenvalue weighted by Crippen LogP contribution is -2.45. The van der Waals surface area contributed by atoms with E-state index in [1.165, 1.54) is 0 Å². The number of carbonyl (C=O) groups excluding carboxylic acids is 2. The first-order chi connectivity index (χ1) is 11.9. The van der Waals surface area contributed by atoms with Gasteiger partial charge in [-0.3, -0.25) is 9.59 Å². The van der Waals surface area contributed by atoms with Crippen LogP contribution in [-0.4, -0.2) is 25.5 Å². The third kappa shape index (κ3) is 5.31. The van der Waals surface area contributed by atoms with E-state index in [1.807, 2.05) is 49.4 Å². The molecular weight excluding hydrogens is 340 g/mol. The summed E-state index contributed by atoms with van der Waals surface area (Å²) in [6, 6.07) is 16.6. The number of rotatable bonds is 6. The summed E-state index contributed by atoms with van der Waals surface area (Å²) < 4.78 is 5.53. The first-order valence-electron chi connectivity index (χ1n) is 7.86. The van der Waals surface area contributed by atoms with Gasteiger partial charge in [-0.2, -0.15) is 0 Å². The Bertz CT molecular complexity index is 736. The Morgan fingerprint density at radius 3 is 2.36 bits per heavy atom. The molecule has 6 heteroatoms. The molecule has 0 aliphatic rings. The van der Waals surface area contributed by atoms with Crippen molar-refractivity contribution in [3.63, 3.8) is 0 Å². The van der Waals surface area contributed by atoms with Crippen molar-refractivity contribution in [2.45, 2.75) is 19.1 Å². The van der Waals surface area contributed by atoms with Crippen LogP contribution >= 0.6 is 11.6 Å². The number of benzene rings is 2. The highest BCUT2D eigenvalue weighted by Crippen LogP contribution is 2.26. The summed E-state index contributed by atoms with van der Waals surface area (Å²) >= 11 is 6.01. The summed E-state index contributed by atoms with van der Waals surface area (Å²) in [5.74, 6) is -1.39. The molecule has 2 amide bonds. The third-order valence-corrected chi connectivity index (χ3v) is 4.21. The van der Waals surface area contributed by atoms with Gasteiger partial charge < -0.3 is 15.4 Å². The predicted octanol–water partition coefficient (Wildman–Crippen LogP) is 2.63. The fourth-order valence-electron chi connectivity index (χ4n) is 2.30. The molecule has 0 aliphatic heterocycles. The van der Waals surface area contributed by atoms with E-state index in [1.54, 1.807) is 19.2 Å². The van der Waals surface area contributed by atoms with Gasteiger partial charge in [-0.15, -0.1) is 0 Å². The van der Waals surface area contributed by atoms with Crippen LogP contribution in [0.3, 0.4) is 0 Å². The van der Waals surface area contributed by atoms with E-state index < -0.39 is 17.4 Å². The van der Waals surface area contributed by atoms with Crippen LogP contribution in [0.25, 0.3) is 0 Å². The van der Waals surface area contributed by atoms with E-state index in [0.29, 0.717) is 11.6 Å². The van der Waals surface area contributed by atoms with Gasteiger partial charge in [-0.05, 0) is 30.2 Å². The Balaban J connectivity index is 1.91. The molecule has 0 radical (unpaired) electrons. The number of amides is 2. The summed E-state index contributed by atoms with van der Waals surface area (Å²) in [7, 11) is 1.54. The van der Waals surface area contributed by atoms with Gasteiger partial charge in [0.15, 0.2) is 0 Å². The highest BCUT2D eigenvalue weighted by Gasteiger charge is 2.28. The van der Waals surface area contributed by atoms with Crippen LogP contribution in [0.5, 0.6) is 0 Å². The van der Waals surface area contributed by atoms with Crippen LogP contribution in [0.15, 0.2) is 54.6 Å². The molecule has 0 heterocycles. The molecule has 2 aromatic carbocycles. The first kappa shape index (κ1) is 19.0. The van der Waals surface area contributed by atoms with Gasteiger partial charge in [-0.25, -0.2) is 0 Å². The molecule has 2 aromatic rings. The maximum absolute atomic E-state index is 12.0. The molecule has 0 saturated carbocycles. The van der Waals surface area contributed by atoms with Crippen molar-refractivity contribution in [2.24, 2.45) is 0 Å². The molecule has 25 heavy (non-hydrogen) atoms. The largest absolute Gasteiger partial charge is 0.372 e. The quantitative estimate of drug-likeness (QED) is 0.778. The van der Waals surface area contributed by atoms with Gasteiger partial charge in [0.2, 0.25) is 0 Å². The molecule has 2 rings (SSSR count). The zero-order chi connectivity index (χ0) is 18.3. The summed E-state index contributed by atoms with van der Waals surface area (Å²) in [5.41, 5.74) is 0.942. The van der Waals surface area contributed by atoms with E-state index in [2.05, 4.69) is 10.6 Å². The highest BCUT2D eigenvalue weighted by atomic mass is 35.5. The molecule has 0 fully saturated rings. The second-order valence-corrected chi connectivity index (χ2v) is 6.23. The van der Waals surface area contributed by atoms with E-state index in [4.69, 9.17) is 16.3 Å². The number of hydrogen-bond donors (Lipinski definition) is 2. The average Bonchev–Trinajstić information content (AvgIpc) is 2.64. The van der Waals surface area contributed by atoms with E-state index in [9.17, 15) is 9.59 Å². The smallest absolute Gasteiger partial charge is 0.309 e. The Morgan fingerprint density at radius 2 is 1.72 bits per heavy atom. The van der Waals surface area contributed by atoms with Gasteiger partial charge in [0.25, 0.3) is 0 Å². The van der Waals surface area contributed by atoms with Gasteiger partial charge in [0.1, 0.15) is 5.60 Å². The number of ether oxygens (including phenoxy) is 1. The Morgan fingerprint density at radius 1 is 1.04 bits per heavy atom. The summed E-state index contributed by atoms with van der Waals surface area (Å²) in [4.78, 5) is 23.9. The maximum atomic E-state index is 12.0. The topological polar surface area (TPSA) is 67.4 Å². The number of carbonyl (C=O) groups is 2. The van der Waals surface area contributed by atoms with Crippen LogP contribution in [0.2, 0.25) is 5.02 Å². The van der Waals surface area contributed by atoms with Crippen molar-refractivity contribution in [1.82, 2.24) is 10.6 Å². The minimum atomic E-state index is -0.791. The van der Waals surface area contributed by atoms with Crippen molar-refractivity contribution < 1.29 is 14.3 Å². The molecule has 132 valence electrons. The second-order valence-electron chi connectivity index (χ2n) is 5.80. The zero-order valence-electron chi connectivity index (χ0n) is 14.2. The Hall–Kier alpha value is -2.37. The van der Waals surface area contributed by atoms with Crippen molar-refractivity contribution >= 4 is 23.4 Å². The van der Waals surface area contributed by atoms with Crippen LogP contribution in [0, 0.1) is 0 Å². The molecule has 1 atom stereocenters. The number of hydrogen-bond acceptors (Lipinski definition) is 3. The van der Waals surface area contributed by atoms with Crippen molar-refractivity contribution in [2.75, 3.05) is 13.7 Å². The third-order valence-electron chi connectivity index (χ3n) is 3.97. The fraction of sp³-hybridized carbons (Fsp3) is 0.263. The van der Waals surface area contributed by atoms with Gasteiger partial charge >= 0.3 is 11.8 Å². The SMILES string of the molecule is COC(C)(CNC(=O)C(=O)NCc1ccccc1)c1cccc(Cl)c1. The average molecular weight is 361 g/mol. The molecular formula is C19H21ClN2O3. The van der Waals surface area contributed by atoms with Crippen molar-refractivity contribution in [1.29, 1.82) is 0 Å². The number of nitrogens with one attached hydrogen (secondary N) is 2. The summed E-state index contributed by atoms with van der Waals surface area (Å²) in [6.45, 7) is 2.26. The van der Waals surface area contributed by atoms with Crippen molar-refractivity contribution in [3.8, 4) is 0 Å². The van der Waals surface area contributed by atoms with Crippen LogP contribution in [0.4, 0.5) is 0 Å². The van der Waals surface area contributed by atoms with Crippen LogP contribution in [-0.2, 0) is 26.5 Å². The first-order valence-corrected chi connectivity index (χ1v) is 8.23. The second kappa shape index (κ2) is 8.65. The number of halogens is 1. The lowest BCUT2D eigenvalue weighted by molar-refractivity contribution is -0.140. The molecule has 1 unspecified atom stereocenters. The molecule has 0 bridgehead atoms. The number of methoxy groups -OCH3 is 1. The monoisotopic (exact) mass is 360 g/mol. The van der Waals surface area contributed by atoms with E-state index >= 15 is 0 Å². The normalized spacial score (nSPS) is 12.9. The molecule has 0 aliphatic carbocycles. The molecule has 0 saturated heterocycles. The predicted molar refractivity (Wildman–Crippen MR) is 97.1 cm³/mol. The standard InChI is InChI=1S/C19H21ClN2O3/c1-19(25-2,15-9-6-10-16(20)11-15)13-22-18(24)17(23)21-12-14-7-4-3-5-8-14/h3-11H,12-13H2,1-2H3,(H,21,23)(H,22,24). The van der Waals surface area contributed by atoms with Crippen LogP contribution < -0.4 is 10.6 Å². The van der Waals surface area contributed by atoms with E-state index in [-0.39, 0.29) is 6.54 Å². The summed E-state index contributed by atoms with van der Waals surface area (Å²) in [6.07, 6.45) is 0. The van der Waals surface area contributed by atoms with Crippen molar-refractivity contribution in [3.05, 3.63) is 70.7 Å². The minimum Gasteiger partial charge on any atom is -0.372 e. The maximum Gasteiger partial charge on any atom is 0.309 e. The van der Waals surface area contributed by atoms with E-state index in [0.717, 1.165) is 11.1 Å². The minimum absolute atomic E-state index is 0.140. The van der Waals surface area contributed by atoms with Gasteiger partial charge in [-0.1, -0.05) is 54.1 Å². The Kier molecular flexibility index (Phi) is 6.56. The highest BCUT2D eigenvalue weighted by molar-refractivity contribution is 6.35. The molecule has 0 spiro atoms. The Labute approximate surface area is 152 Å². The molecule has 2 N–H and O–H groups in total. The van der Waals surface area contributed by atoms with Gasteiger partial charge in [0.05, 0.1) is 6.54 Å². The molecule has 5 nitrogen and oxygen atoms in total. The molecule has 0 aromatic heterocycles. The van der Waals surface area contributed by atoms with Gasteiger partial charge in [0, 0.05) is 18.7 Å². The summed E-state index contributed by atoms with van der Waals surface area (Å²) in [5, 5.41) is 5.77. The lowest BCUT2D eigenvalue weighted by atomic mass is 9.95.